The minimum absolute atomic E-state index is 0.146. The summed E-state index contributed by atoms with van der Waals surface area (Å²) in [6.45, 7) is 6.00. The van der Waals surface area contributed by atoms with Crippen LogP contribution in [-0.4, -0.2) is 11.6 Å². The van der Waals surface area contributed by atoms with Crippen LogP contribution >= 0.6 is 15.9 Å². The van der Waals surface area contributed by atoms with Gasteiger partial charge in [-0.25, -0.2) is 4.99 Å². The lowest BCUT2D eigenvalue weighted by Gasteiger charge is -2.05. The first-order valence-corrected chi connectivity index (χ1v) is 7.53. The fourth-order valence-electron chi connectivity index (χ4n) is 2.46. The van der Waals surface area contributed by atoms with Crippen LogP contribution in [0.2, 0.25) is 0 Å². The molecule has 0 aromatic heterocycles. The van der Waals surface area contributed by atoms with E-state index in [1.807, 2.05) is 51.1 Å². The molecule has 3 nitrogen and oxygen atoms in total. The third-order valence-electron chi connectivity index (χ3n) is 3.61. The number of carbonyl (C=O) groups excluding carboxylic acids is 1. The molecule has 0 unspecified atom stereocenters. The molecule has 0 saturated heterocycles. The third kappa shape index (κ3) is 2.51. The highest BCUT2D eigenvalue weighted by atomic mass is 79.9. The number of fused-ring (bicyclic) bond motifs is 1. The van der Waals surface area contributed by atoms with Gasteiger partial charge in [-0.05, 0) is 55.7 Å². The van der Waals surface area contributed by atoms with Gasteiger partial charge in [-0.1, -0.05) is 28.1 Å². The number of hydrogen-bond donors (Lipinski definition) is 1. The van der Waals surface area contributed by atoms with E-state index < -0.39 is 0 Å². The fraction of sp³-hybridized carbons (Fsp3) is 0.176. The van der Waals surface area contributed by atoms with Gasteiger partial charge in [0.25, 0.3) is 5.91 Å². The summed E-state index contributed by atoms with van der Waals surface area (Å²) in [4.78, 5) is 16.8. The Kier molecular flexibility index (Phi) is 3.41. The third-order valence-corrected chi connectivity index (χ3v) is 4.06. The summed E-state index contributed by atoms with van der Waals surface area (Å²) < 4.78 is 0.948. The number of aliphatic imine (C=N–C) groups is 1. The van der Waals surface area contributed by atoms with Crippen molar-refractivity contribution in [2.45, 2.75) is 20.8 Å². The summed E-state index contributed by atoms with van der Waals surface area (Å²) in [6.07, 6.45) is 0. The molecular weight excluding hydrogens is 328 g/mol. The van der Waals surface area contributed by atoms with E-state index in [1.54, 1.807) is 0 Å². The van der Waals surface area contributed by atoms with Crippen molar-refractivity contribution in [3.63, 3.8) is 0 Å². The Bertz CT molecular complexity index is 794. The number of amides is 1. The smallest absolute Gasteiger partial charge is 0.275 e. The molecule has 0 saturated carbocycles. The van der Waals surface area contributed by atoms with Gasteiger partial charge in [-0.3, -0.25) is 4.79 Å². The normalized spacial score (nSPS) is 15.2. The van der Waals surface area contributed by atoms with Gasteiger partial charge in [-0.2, -0.15) is 0 Å². The Morgan fingerprint density at radius 2 is 1.81 bits per heavy atom. The minimum atomic E-state index is -0.146. The maximum Gasteiger partial charge on any atom is 0.275 e. The molecule has 0 spiro atoms. The van der Waals surface area contributed by atoms with E-state index in [1.165, 1.54) is 0 Å². The second kappa shape index (κ2) is 5.11. The van der Waals surface area contributed by atoms with E-state index in [2.05, 4.69) is 26.2 Å². The Hall–Kier alpha value is -1.94. The summed E-state index contributed by atoms with van der Waals surface area (Å²) in [6, 6.07) is 9.99. The van der Waals surface area contributed by atoms with Gasteiger partial charge >= 0.3 is 0 Å². The SMILES string of the molecule is Cc1ccc(C)c(N=C2C(=O)Nc3c(C)cc(Br)cc32)c1. The van der Waals surface area contributed by atoms with Gasteiger partial charge in [0.1, 0.15) is 5.71 Å². The predicted molar refractivity (Wildman–Crippen MR) is 89.6 cm³/mol. The summed E-state index contributed by atoms with van der Waals surface area (Å²) in [5.74, 6) is -0.146. The molecular formula is C17H15BrN2O. The van der Waals surface area contributed by atoms with Crippen LogP contribution in [0.3, 0.4) is 0 Å². The number of rotatable bonds is 1. The highest BCUT2D eigenvalue weighted by Crippen LogP contribution is 2.32. The van der Waals surface area contributed by atoms with E-state index in [0.29, 0.717) is 5.71 Å². The second-order valence-corrected chi connectivity index (χ2v) is 6.27. The van der Waals surface area contributed by atoms with Gasteiger partial charge in [0.05, 0.1) is 11.4 Å². The van der Waals surface area contributed by atoms with Crippen molar-refractivity contribution in [3.8, 4) is 0 Å². The quantitative estimate of drug-likeness (QED) is 0.817. The zero-order valence-corrected chi connectivity index (χ0v) is 13.7. The first kappa shape index (κ1) is 14.0. The average molecular weight is 343 g/mol. The summed E-state index contributed by atoms with van der Waals surface area (Å²) in [5, 5.41) is 2.91. The molecule has 1 aliphatic rings. The van der Waals surface area contributed by atoms with E-state index in [0.717, 1.165) is 38.1 Å². The lowest BCUT2D eigenvalue weighted by atomic mass is 10.1. The lowest BCUT2D eigenvalue weighted by Crippen LogP contribution is -2.14. The zero-order chi connectivity index (χ0) is 15.1. The molecule has 1 N–H and O–H groups in total. The zero-order valence-electron chi connectivity index (χ0n) is 12.1. The van der Waals surface area contributed by atoms with Crippen LogP contribution in [0.5, 0.6) is 0 Å². The van der Waals surface area contributed by atoms with E-state index in [4.69, 9.17) is 0 Å². The molecule has 0 aliphatic carbocycles. The highest BCUT2D eigenvalue weighted by molar-refractivity contribution is 9.10. The number of carbonyl (C=O) groups is 1. The van der Waals surface area contributed by atoms with Crippen molar-refractivity contribution >= 4 is 38.9 Å². The maximum atomic E-state index is 12.2. The van der Waals surface area contributed by atoms with E-state index in [-0.39, 0.29) is 5.91 Å². The molecule has 0 bridgehead atoms. The Morgan fingerprint density at radius 1 is 1.05 bits per heavy atom. The molecule has 2 aromatic carbocycles. The average Bonchev–Trinajstić information content (AvgIpc) is 2.72. The predicted octanol–water partition coefficient (Wildman–Crippen LogP) is 4.45. The summed E-state index contributed by atoms with van der Waals surface area (Å²) >= 11 is 3.48. The van der Waals surface area contributed by atoms with E-state index >= 15 is 0 Å². The number of halogens is 1. The number of hydrogen-bond acceptors (Lipinski definition) is 2. The molecule has 4 heteroatoms. The first-order valence-electron chi connectivity index (χ1n) is 6.73. The molecule has 0 radical (unpaired) electrons. The molecule has 3 rings (SSSR count). The molecule has 1 aliphatic heterocycles. The number of aryl methyl sites for hydroxylation is 3. The Balaban J connectivity index is 2.19. The maximum absolute atomic E-state index is 12.2. The van der Waals surface area contributed by atoms with Gasteiger partial charge in [-0.15, -0.1) is 0 Å². The fourth-order valence-corrected chi connectivity index (χ4v) is 3.03. The van der Waals surface area contributed by atoms with Gasteiger partial charge in [0, 0.05) is 10.0 Å². The first-order chi connectivity index (χ1) is 9.95. The van der Waals surface area contributed by atoms with Gasteiger partial charge in [0.15, 0.2) is 0 Å². The largest absolute Gasteiger partial charge is 0.320 e. The van der Waals surface area contributed by atoms with Gasteiger partial charge in [0.2, 0.25) is 0 Å². The Morgan fingerprint density at radius 3 is 2.57 bits per heavy atom. The lowest BCUT2D eigenvalue weighted by molar-refractivity contribution is -0.110. The monoisotopic (exact) mass is 342 g/mol. The molecule has 106 valence electrons. The van der Waals surface area contributed by atoms with Crippen LogP contribution in [-0.2, 0) is 4.79 Å². The van der Waals surface area contributed by atoms with E-state index in [9.17, 15) is 4.79 Å². The molecule has 21 heavy (non-hydrogen) atoms. The van der Waals surface area contributed by atoms with Crippen molar-refractivity contribution in [2.75, 3.05) is 5.32 Å². The van der Waals surface area contributed by atoms with Crippen molar-refractivity contribution < 1.29 is 4.79 Å². The van der Waals surface area contributed by atoms with Crippen LogP contribution < -0.4 is 5.32 Å². The van der Waals surface area contributed by atoms with Crippen molar-refractivity contribution in [3.05, 3.63) is 57.1 Å². The van der Waals surface area contributed by atoms with Crippen molar-refractivity contribution in [1.82, 2.24) is 0 Å². The van der Waals surface area contributed by atoms with Crippen LogP contribution in [0.25, 0.3) is 0 Å². The summed E-state index contributed by atoms with van der Waals surface area (Å²) in [5.41, 5.74) is 6.23. The van der Waals surface area contributed by atoms with Crippen molar-refractivity contribution in [1.29, 1.82) is 0 Å². The number of nitrogens with zero attached hydrogens (tertiary/aromatic N) is 1. The van der Waals surface area contributed by atoms with Crippen LogP contribution in [0.4, 0.5) is 11.4 Å². The van der Waals surface area contributed by atoms with Crippen molar-refractivity contribution in [2.24, 2.45) is 4.99 Å². The molecule has 0 atom stereocenters. The topological polar surface area (TPSA) is 41.5 Å². The molecule has 2 aromatic rings. The molecule has 1 heterocycles. The van der Waals surface area contributed by atoms with Gasteiger partial charge < -0.3 is 5.32 Å². The number of anilines is 1. The van der Waals surface area contributed by atoms with Crippen LogP contribution in [0.15, 0.2) is 39.8 Å². The highest BCUT2D eigenvalue weighted by Gasteiger charge is 2.27. The molecule has 0 fully saturated rings. The van der Waals surface area contributed by atoms with Crippen LogP contribution in [0.1, 0.15) is 22.3 Å². The minimum Gasteiger partial charge on any atom is -0.320 e. The number of benzene rings is 2. The Labute approximate surface area is 132 Å². The summed E-state index contributed by atoms with van der Waals surface area (Å²) in [7, 11) is 0. The number of nitrogens with one attached hydrogen (secondary N) is 1. The van der Waals surface area contributed by atoms with Crippen LogP contribution in [0, 0.1) is 20.8 Å². The molecule has 1 amide bonds. The second-order valence-electron chi connectivity index (χ2n) is 5.35. The standard InChI is InChI=1S/C17H15BrN2O/c1-9-4-5-10(2)14(6-9)19-16-13-8-12(18)7-11(3)15(13)20-17(16)21/h4-8H,1-3H3,(H,19,20,21).